The number of esters is 1. The van der Waals surface area contributed by atoms with E-state index in [1.54, 1.807) is 0 Å². The highest BCUT2D eigenvalue weighted by Gasteiger charge is 2.26. The van der Waals surface area contributed by atoms with Gasteiger partial charge in [-0.25, -0.2) is 4.79 Å². The normalized spacial score (nSPS) is 33.0. The van der Waals surface area contributed by atoms with Gasteiger partial charge < -0.3 is 14.9 Å². The SMILES string of the molecule is CC1OC(=O)C=C(O)C1O. The second kappa shape index (κ2) is 2.30. The summed E-state index contributed by atoms with van der Waals surface area (Å²) in [4.78, 5) is 10.5. The Morgan fingerprint density at radius 1 is 1.70 bits per heavy atom. The van der Waals surface area contributed by atoms with E-state index >= 15 is 0 Å². The van der Waals surface area contributed by atoms with E-state index in [9.17, 15) is 4.79 Å². The third kappa shape index (κ3) is 1.11. The minimum Gasteiger partial charge on any atom is -0.509 e. The molecule has 1 aliphatic rings. The lowest BCUT2D eigenvalue weighted by molar-refractivity contribution is -0.150. The van der Waals surface area contributed by atoms with Crippen molar-refractivity contribution in [2.75, 3.05) is 0 Å². The summed E-state index contributed by atoms with van der Waals surface area (Å²) in [5, 5.41) is 17.8. The molecule has 0 saturated heterocycles. The van der Waals surface area contributed by atoms with Gasteiger partial charge in [0, 0.05) is 0 Å². The maximum atomic E-state index is 10.5. The topological polar surface area (TPSA) is 66.8 Å². The average Bonchev–Trinajstić information content (AvgIpc) is 1.82. The molecule has 0 aromatic carbocycles. The Hall–Kier alpha value is -1.03. The fourth-order valence-corrected chi connectivity index (χ4v) is 0.728. The van der Waals surface area contributed by atoms with Crippen LogP contribution in [0, 0.1) is 0 Å². The quantitative estimate of drug-likeness (QED) is 0.459. The molecule has 2 atom stereocenters. The van der Waals surface area contributed by atoms with E-state index in [1.165, 1.54) is 6.92 Å². The van der Waals surface area contributed by atoms with E-state index in [1.807, 2.05) is 0 Å². The first kappa shape index (κ1) is 7.08. The van der Waals surface area contributed by atoms with Crippen molar-refractivity contribution in [2.45, 2.75) is 19.1 Å². The van der Waals surface area contributed by atoms with Gasteiger partial charge in [0.2, 0.25) is 0 Å². The van der Waals surface area contributed by atoms with Crippen molar-refractivity contribution in [3.8, 4) is 0 Å². The monoisotopic (exact) mass is 144 g/mol. The number of hydrogen-bond acceptors (Lipinski definition) is 4. The summed E-state index contributed by atoms with van der Waals surface area (Å²) < 4.78 is 4.54. The lowest BCUT2D eigenvalue weighted by atomic mass is 10.1. The maximum absolute atomic E-state index is 10.5. The van der Waals surface area contributed by atoms with Crippen molar-refractivity contribution < 1.29 is 19.7 Å². The van der Waals surface area contributed by atoms with Crippen LogP contribution in [0.5, 0.6) is 0 Å². The fourth-order valence-electron chi connectivity index (χ4n) is 0.728. The van der Waals surface area contributed by atoms with Gasteiger partial charge in [0.05, 0.1) is 6.08 Å². The summed E-state index contributed by atoms with van der Waals surface area (Å²) in [6.45, 7) is 1.51. The molecule has 0 bridgehead atoms. The van der Waals surface area contributed by atoms with Gasteiger partial charge in [-0.2, -0.15) is 0 Å². The van der Waals surface area contributed by atoms with Gasteiger partial charge in [0.1, 0.15) is 18.0 Å². The Kier molecular flexibility index (Phi) is 1.63. The molecular weight excluding hydrogens is 136 g/mol. The number of aliphatic hydroxyl groups is 2. The zero-order valence-electron chi connectivity index (χ0n) is 5.44. The Labute approximate surface area is 57.7 Å². The molecule has 1 heterocycles. The number of hydrogen-bond donors (Lipinski definition) is 2. The maximum Gasteiger partial charge on any atom is 0.334 e. The molecule has 0 amide bonds. The predicted molar refractivity (Wildman–Crippen MR) is 32.3 cm³/mol. The van der Waals surface area contributed by atoms with E-state index in [0.717, 1.165) is 6.08 Å². The van der Waals surface area contributed by atoms with Crippen LogP contribution in [0.1, 0.15) is 6.92 Å². The lowest BCUT2D eigenvalue weighted by Gasteiger charge is -2.21. The number of rotatable bonds is 0. The Balaban J connectivity index is 2.80. The van der Waals surface area contributed by atoms with Gasteiger partial charge in [-0.3, -0.25) is 0 Å². The van der Waals surface area contributed by atoms with Crippen LogP contribution in [-0.2, 0) is 9.53 Å². The first-order valence-corrected chi connectivity index (χ1v) is 2.90. The standard InChI is InChI=1S/C6H8O4/c1-3-6(9)4(7)2-5(8)10-3/h2-3,6-7,9H,1H3. The van der Waals surface area contributed by atoms with E-state index in [-0.39, 0.29) is 5.76 Å². The molecule has 0 aromatic rings. The van der Waals surface area contributed by atoms with E-state index in [4.69, 9.17) is 10.2 Å². The molecule has 0 radical (unpaired) electrons. The molecule has 0 aromatic heterocycles. The lowest BCUT2D eigenvalue weighted by Crippen LogP contribution is -2.34. The van der Waals surface area contributed by atoms with Crippen molar-refractivity contribution in [3.63, 3.8) is 0 Å². The molecule has 0 spiro atoms. The molecule has 1 aliphatic heterocycles. The second-order valence-electron chi connectivity index (χ2n) is 2.16. The molecule has 0 fully saturated rings. The summed E-state index contributed by atoms with van der Waals surface area (Å²) in [6, 6.07) is 0. The van der Waals surface area contributed by atoms with Crippen LogP contribution in [0.4, 0.5) is 0 Å². The smallest absolute Gasteiger partial charge is 0.334 e. The van der Waals surface area contributed by atoms with Crippen LogP contribution in [0.15, 0.2) is 11.8 Å². The zero-order chi connectivity index (χ0) is 7.72. The van der Waals surface area contributed by atoms with Crippen LogP contribution >= 0.6 is 0 Å². The van der Waals surface area contributed by atoms with Crippen molar-refractivity contribution in [2.24, 2.45) is 0 Å². The highest BCUT2D eigenvalue weighted by atomic mass is 16.6. The molecule has 0 saturated carbocycles. The zero-order valence-corrected chi connectivity index (χ0v) is 5.44. The molecule has 56 valence electrons. The molecule has 4 nitrogen and oxygen atoms in total. The summed E-state index contributed by atoms with van der Waals surface area (Å²) in [6.07, 6.45) is -0.861. The van der Waals surface area contributed by atoms with Crippen molar-refractivity contribution >= 4 is 5.97 Å². The van der Waals surface area contributed by atoms with Crippen molar-refractivity contribution in [3.05, 3.63) is 11.8 Å². The average molecular weight is 144 g/mol. The Morgan fingerprint density at radius 3 is 2.80 bits per heavy atom. The minimum atomic E-state index is -1.07. The minimum absolute atomic E-state index is 0.330. The summed E-state index contributed by atoms with van der Waals surface area (Å²) in [5.41, 5.74) is 0. The third-order valence-corrected chi connectivity index (χ3v) is 1.32. The van der Waals surface area contributed by atoms with Crippen LogP contribution in [0.3, 0.4) is 0 Å². The number of aliphatic hydroxyl groups excluding tert-OH is 2. The molecule has 2 unspecified atom stereocenters. The Morgan fingerprint density at radius 2 is 2.30 bits per heavy atom. The summed E-state index contributed by atoms with van der Waals surface area (Å²) >= 11 is 0. The number of carbonyl (C=O) groups excluding carboxylic acids is 1. The van der Waals surface area contributed by atoms with E-state index < -0.39 is 18.2 Å². The summed E-state index contributed by atoms with van der Waals surface area (Å²) in [5.74, 6) is -0.945. The van der Waals surface area contributed by atoms with E-state index in [0.29, 0.717) is 0 Å². The van der Waals surface area contributed by atoms with Crippen LogP contribution < -0.4 is 0 Å². The van der Waals surface area contributed by atoms with Crippen LogP contribution in [0.25, 0.3) is 0 Å². The van der Waals surface area contributed by atoms with Gasteiger partial charge in [-0.15, -0.1) is 0 Å². The van der Waals surface area contributed by atoms with Gasteiger partial charge >= 0.3 is 5.97 Å². The first-order valence-electron chi connectivity index (χ1n) is 2.90. The largest absolute Gasteiger partial charge is 0.509 e. The highest BCUT2D eigenvalue weighted by Crippen LogP contribution is 2.12. The highest BCUT2D eigenvalue weighted by molar-refractivity contribution is 5.83. The van der Waals surface area contributed by atoms with Crippen LogP contribution in [-0.4, -0.2) is 28.4 Å². The second-order valence-corrected chi connectivity index (χ2v) is 2.16. The van der Waals surface area contributed by atoms with Gasteiger partial charge in [0.25, 0.3) is 0 Å². The molecule has 4 heteroatoms. The molecular formula is C6H8O4. The van der Waals surface area contributed by atoms with Crippen LogP contribution in [0.2, 0.25) is 0 Å². The summed E-state index contributed by atoms with van der Waals surface area (Å²) in [7, 11) is 0. The first-order chi connectivity index (χ1) is 4.61. The van der Waals surface area contributed by atoms with Crippen molar-refractivity contribution in [1.82, 2.24) is 0 Å². The molecule has 0 aliphatic carbocycles. The number of cyclic esters (lactones) is 1. The van der Waals surface area contributed by atoms with Crippen molar-refractivity contribution in [1.29, 1.82) is 0 Å². The molecule has 10 heavy (non-hydrogen) atoms. The van der Waals surface area contributed by atoms with E-state index in [2.05, 4.69) is 4.74 Å². The van der Waals surface area contributed by atoms with Gasteiger partial charge in [-0.1, -0.05) is 0 Å². The Bertz CT molecular complexity index is 184. The number of carbonyl (C=O) groups is 1. The van der Waals surface area contributed by atoms with Gasteiger partial charge in [-0.05, 0) is 6.92 Å². The van der Waals surface area contributed by atoms with Gasteiger partial charge in [0.15, 0.2) is 0 Å². The predicted octanol–water partition coefficient (Wildman–Crippen LogP) is -0.265. The third-order valence-electron chi connectivity index (χ3n) is 1.32. The fraction of sp³-hybridized carbons (Fsp3) is 0.500. The molecule has 1 rings (SSSR count). The number of ether oxygens (including phenoxy) is 1. The molecule has 2 N–H and O–H groups in total.